The van der Waals surface area contributed by atoms with E-state index in [-0.39, 0.29) is 18.4 Å². The number of hydrogen-bond acceptors (Lipinski definition) is 3. The molecule has 0 atom stereocenters. The van der Waals surface area contributed by atoms with Gasteiger partial charge in [0.2, 0.25) is 0 Å². The fourth-order valence-electron chi connectivity index (χ4n) is 3.74. The number of para-hydroxylation sites is 2. The molecule has 0 spiro atoms. The van der Waals surface area contributed by atoms with Crippen LogP contribution >= 0.6 is 15.9 Å². The third kappa shape index (κ3) is 5.78. The van der Waals surface area contributed by atoms with E-state index in [1.54, 1.807) is 41.3 Å². The molecule has 0 aromatic heterocycles. The highest BCUT2D eigenvalue weighted by Gasteiger charge is 2.25. The van der Waals surface area contributed by atoms with Crippen LogP contribution in [-0.4, -0.2) is 18.9 Å². The van der Waals surface area contributed by atoms with Gasteiger partial charge in [0.15, 0.2) is 0 Å². The molecule has 1 N–H and O–H groups in total. The van der Waals surface area contributed by atoms with E-state index in [2.05, 4.69) is 21.2 Å². The summed E-state index contributed by atoms with van der Waals surface area (Å²) in [6.45, 7) is 2.27. The van der Waals surface area contributed by atoms with Gasteiger partial charge in [0.05, 0.1) is 30.5 Å². The molecule has 0 aliphatic heterocycles. The predicted molar refractivity (Wildman–Crippen MR) is 143 cm³/mol. The second kappa shape index (κ2) is 11.0. The van der Waals surface area contributed by atoms with Gasteiger partial charge in [-0.3, -0.25) is 9.59 Å². The smallest absolute Gasteiger partial charge is 0.262 e. The summed E-state index contributed by atoms with van der Waals surface area (Å²) in [6, 6.07) is 29.6. The molecule has 0 unspecified atom stereocenters. The van der Waals surface area contributed by atoms with E-state index in [4.69, 9.17) is 4.74 Å². The molecule has 0 aliphatic carbocycles. The van der Waals surface area contributed by atoms with Crippen LogP contribution in [0.4, 0.5) is 11.4 Å². The molecule has 0 saturated heterocycles. The van der Waals surface area contributed by atoms with E-state index in [1.165, 1.54) is 7.11 Å². The van der Waals surface area contributed by atoms with Crippen molar-refractivity contribution in [3.8, 4) is 5.75 Å². The third-order valence-corrected chi connectivity index (χ3v) is 6.11. The molecule has 4 rings (SSSR count). The number of halogens is 1. The SMILES string of the molecule is COc1ccccc1C(=O)N(Cc1ccc(Br)cc1)c1ccccc1C(=O)Nc1ccc(C)cc1. The number of carbonyl (C=O) groups excluding carboxylic acids is 2. The standard InChI is InChI=1S/C29H25BrN2O3/c1-20-11-17-23(18-12-20)31-28(33)24-7-3-5-9-26(24)32(19-21-13-15-22(30)16-14-21)29(34)25-8-4-6-10-27(25)35-2/h3-18H,19H2,1-2H3,(H,31,33). The molecule has 0 aliphatic rings. The van der Waals surface area contributed by atoms with E-state index in [1.807, 2.05) is 67.6 Å². The molecule has 4 aromatic carbocycles. The Morgan fingerprint density at radius 2 is 1.46 bits per heavy atom. The Balaban J connectivity index is 1.75. The monoisotopic (exact) mass is 528 g/mol. The molecule has 0 saturated carbocycles. The van der Waals surface area contributed by atoms with Crippen molar-refractivity contribution in [3.05, 3.63) is 124 Å². The first-order valence-electron chi connectivity index (χ1n) is 11.1. The van der Waals surface area contributed by atoms with Crippen LogP contribution in [0.25, 0.3) is 0 Å². The van der Waals surface area contributed by atoms with E-state index in [0.29, 0.717) is 28.3 Å². The number of ether oxygens (including phenoxy) is 1. The maximum Gasteiger partial charge on any atom is 0.262 e. The highest BCUT2D eigenvalue weighted by molar-refractivity contribution is 9.10. The van der Waals surface area contributed by atoms with Crippen molar-refractivity contribution in [2.24, 2.45) is 0 Å². The molecular weight excluding hydrogens is 504 g/mol. The Morgan fingerprint density at radius 3 is 2.14 bits per heavy atom. The van der Waals surface area contributed by atoms with Crippen LogP contribution in [-0.2, 0) is 6.54 Å². The van der Waals surface area contributed by atoms with Crippen molar-refractivity contribution < 1.29 is 14.3 Å². The number of carbonyl (C=O) groups is 2. The number of nitrogens with zero attached hydrogens (tertiary/aromatic N) is 1. The Bertz CT molecular complexity index is 1330. The molecule has 0 radical (unpaired) electrons. The number of aryl methyl sites for hydroxylation is 1. The highest BCUT2D eigenvalue weighted by atomic mass is 79.9. The molecule has 5 nitrogen and oxygen atoms in total. The number of nitrogens with one attached hydrogen (secondary N) is 1. The van der Waals surface area contributed by atoms with Gasteiger partial charge < -0.3 is 15.0 Å². The highest BCUT2D eigenvalue weighted by Crippen LogP contribution is 2.29. The van der Waals surface area contributed by atoms with Crippen molar-refractivity contribution in [1.29, 1.82) is 0 Å². The van der Waals surface area contributed by atoms with Gasteiger partial charge in [0.1, 0.15) is 5.75 Å². The average Bonchev–Trinajstić information content (AvgIpc) is 2.89. The Morgan fingerprint density at radius 1 is 0.829 bits per heavy atom. The minimum absolute atomic E-state index is 0.263. The summed E-state index contributed by atoms with van der Waals surface area (Å²) in [5.41, 5.74) is 4.04. The van der Waals surface area contributed by atoms with Gasteiger partial charge in [-0.1, -0.05) is 70.0 Å². The summed E-state index contributed by atoms with van der Waals surface area (Å²) in [7, 11) is 1.54. The van der Waals surface area contributed by atoms with Crippen LogP contribution in [0.15, 0.2) is 102 Å². The summed E-state index contributed by atoms with van der Waals surface area (Å²) >= 11 is 3.46. The van der Waals surface area contributed by atoms with Crippen molar-refractivity contribution in [3.63, 3.8) is 0 Å². The molecule has 176 valence electrons. The Labute approximate surface area is 213 Å². The first-order valence-corrected chi connectivity index (χ1v) is 11.9. The summed E-state index contributed by atoms with van der Waals surface area (Å²) in [4.78, 5) is 28.8. The predicted octanol–water partition coefficient (Wildman–Crippen LogP) is 6.87. The number of amides is 2. The minimum atomic E-state index is -0.293. The fraction of sp³-hybridized carbons (Fsp3) is 0.103. The van der Waals surface area contributed by atoms with Crippen LogP contribution in [0, 0.1) is 6.92 Å². The van der Waals surface area contributed by atoms with E-state index < -0.39 is 0 Å². The largest absolute Gasteiger partial charge is 0.496 e. The lowest BCUT2D eigenvalue weighted by Crippen LogP contribution is -2.32. The maximum atomic E-state index is 13.9. The first kappa shape index (κ1) is 24.2. The van der Waals surface area contributed by atoms with Crippen LogP contribution in [0.5, 0.6) is 5.75 Å². The number of rotatable bonds is 7. The van der Waals surface area contributed by atoms with Crippen molar-refractivity contribution in [1.82, 2.24) is 0 Å². The van der Waals surface area contributed by atoms with Gasteiger partial charge in [-0.2, -0.15) is 0 Å². The van der Waals surface area contributed by atoms with Crippen molar-refractivity contribution in [2.45, 2.75) is 13.5 Å². The zero-order valence-electron chi connectivity index (χ0n) is 19.5. The van der Waals surface area contributed by atoms with Crippen LogP contribution in [0.2, 0.25) is 0 Å². The summed E-state index contributed by atoms with van der Waals surface area (Å²) in [5.74, 6) is -0.0843. The molecule has 6 heteroatoms. The van der Waals surface area contributed by atoms with Gasteiger partial charge in [-0.15, -0.1) is 0 Å². The molecule has 2 amide bonds. The van der Waals surface area contributed by atoms with Crippen LogP contribution in [0.1, 0.15) is 31.8 Å². The van der Waals surface area contributed by atoms with Gasteiger partial charge in [0.25, 0.3) is 11.8 Å². The van der Waals surface area contributed by atoms with E-state index in [0.717, 1.165) is 15.6 Å². The minimum Gasteiger partial charge on any atom is -0.496 e. The number of hydrogen-bond donors (Lipinski definition) is 1. The lowest BCUT2D eigenvalue weighted by molar-refractivity contribution is 0.0982. The van der Waals surface area contributed by atoms with Gasteiger partial charge in [-0.05, 0) is 61.0 Å². The van der Waals surface area contributed by atoms with E-state index in [9.17, 15) is 9.59 Å². The van der Waals surface area contributed by atoms with Gasteiger partial charge in [0, 0.05) is 10.2 Å². The first-order chi connectivity index (χ1) is 17.0. The normalized spacial score (nSPS) is 10.5. The van der Waals surface area contributed by atoms with Crippen molar-refractivity contribution >= 4 is 39.1 Å². The average molecular weight is 529 g/mol. The Kier molecular flexibility index (Phi) is 7.63. The lowest BCUT2D eigenvalue weighted by atomic mass is 10.1. The fourth-order valence-corrected chi connectivity index (χ4v) is 4.01. The summed E-state index contributed by atoms with van der Waals surface area (Å²) in [6.07, 6.45) is 0. The zero-order valence-corrected chi connectivity index (χ0v) is 21.1. The van der Waals surface area contributed by atoms with E-state index >= 15 is 0 Å². The second-order valence-electron chi connectivity index (χ2n) is 8.06. The number of methoxy groups -OCH3 is 1. The second-order valence-corrected chi connectivity index (χ2v) is 8.97. The van der Waals surface area contributed by atoms with Gasteiger partial charge in [-0.25, -0.2) is 0 Å². The topological polar surface area (TPSA) is 58.6 Å². The molecule has 0 heterocycles. The summed E-state index contributed by atoms with van der Waals surface area (Å²) in [5, 5.41) is 2.95. The third-order valence-electron chi connectivity index (χ3n) is 5.59. The quantitative estimate of drug-likeness (QED) is 0.285. The van der Waals surface area contributed by atoms with Crippen LogP contribution < -0.4 is 15.0 Å². The summed E-state index contributed by atoms with van der Waals surface area (Å²) < 4.78 is 6.40. The molecule has 0 bridgehead atoms. The number of anilines is 2. The Hall–Kier alpha value is -3.90. The molecule has 0 fully saturated rings. The van der Waals surface area contributed by atoms with Crippen LogP contribution in [0.3, 0.4) is 0 Å². The van der Waals surface area contributed by atoms with Crippen molar-refractivity contribution in [2.75, 3.05) is 17.3 Å². The maximum absolute atomic E-state index is 13.9. The number of benzene rings is 4. The molecular formula is C29H25BrN2O3. The molecule has 35 heavy (non-hydrogen) atoms. The van der Waals surface area contributed by atoms with Gasteiger partial charge >= 0.3 is 0 Å². The zero-order chi connectivity index (χ0) is 24.8. The molecule has 4 aromatic rings. The lowest BCUT2D eigenvalue weighted by Gasteiger charge is -2.26.